The minimum Gasteiger partial charge on any atom is -0.341 e. The summed E-state index contributed by atoms with van der Waals surface area (Å²) >= 11 is 0. The number of amides is 1. The Morgan fingerprint density at radius 3 is 3.00 bits per heavy atom. The molecule has 0 bridgehead atoms. The van der Waals surface area contributed by atoms with Gasteiger partial charge in [-0.25, -0.2) is 0 Å². The second-order valence-corrected chi connectivity index (χ2v) is 3.27. The predicted molar refractivity (Wildman–Crippen MR) is 62.9 cm³/mol. The largest absolute Gasteiger partial charge is 0.341 e. The van der Waals surface area contributed by atoms with Gasteiger partial charge in [-0.15, -0.1) is 6.42 Å². The van der Waals surface area contributed by atoms with Gasteiger partial charge in [0.15, 0.2) is 0 Å². The van der Waals surface area contributed by atoms with Crippen molar-refractivity contribution in [2.45, 2.75) is 0 Å². The van der Waals surface area contributed by atoms with Crippen LogP contribution in [0.2, 0.25) is 0 Å². The Hall–Kier alpha value is -2.34. The number of pyridine rings is 1. The Morgan fingerprint density at radius 1 is 1.38 bits per heavy atom. The first-order valence-electron chi connectivity index (χ1n) is 4.88. The number of nitrogens with one attached hydrogen (secondary N) is 1. The third kappa shape index (κ3) is 1.86. The van der Waals surface area contributed by atoms with Crippen LogP contribution in [0.3, 0.4) is 0 Å². The summed E-state index contributed by atoms with van der Waals surface area (Å²) in [5.41, 5.74) is 1.24. The zero-order valence-electron chi connectivity index (χ0n) is 8.60. The monoisotopic (exact) mass is 210 g/mol. The smallest absolute Gasteiger partial charge is 0.254 e. The lowest BCUT2D eigenvalue weighted by atomic mass is 10.1. The third-order valence-electron chi connectivity index (χ3n) is 2.23. The van der Waals surface area contributed by atoms with Crippen LogP contribution in [-0.2, 0) is 0 Å². The molecule has 2 aromatic rings. The van der Waals surface area contributed by atoms with E-state index in [1.165, 1.54) is 0 Å². The van der Waals surface area contributed by atoms with E-state index in [4.69, 9.17) is 6.42 Å². The Labute approximate surface area is 93.5 Å². The lowest BCUT2D eigenvalue weighted by Gasteiger charge is -2.04. The number of rotatable bonds is 2. The summed E-state index contributed by atoms with van der Waals surface area (Å²) in [6, 6.07) is 9.24. The van der Waals surface area contributed by atoms with Crippen LogP contribution < -0.4 is 5.32 Å². The molecule has 0 radical (unpaired) electrons. The highest BCUT2D eigenvalue weighted by molar-refractivity contribution is 6.05. The van der Waals surface area contributed by atoms with E-state index in [-0.39, 0.29) is 12.5 Å². The molecule has 1 heterocycles. The quantitative estimate of drug-likeness (QED) is 0.765. The van der Waals surface area contributed by atoms with E-state index in [1.807, 2.05) is 24.3 Å². The maximum Gasteiger partial charge on any atom is 0.254 e. The summed E-state index contributed by atoms with van der Waals surface area (Å²) in [5.74, 6) is 2.17. The summed E-state index contributed by atoms with van der Waals surface area (Å²) in [4.78, 5) is 16.0. The molecule has 0 aliphatic carbocycles. The Kier molecular flexibility index (Phi) is 2.84. The molecule has 0 spiro atoms. The van der Waals surface area contributed by atoms with Crippen LogP contribution in [0.25, 0.3) is 10.9 Å². The van der Waals surface area contributed by atoms with Crippen molar-refractivity contribution in [2.24, 2.45) is 0 Å². The van der Waals surface area contributed by atoms with Crippen molar-refractivity contribution in [3.63, 3.8) is 0 Å². The van der Waals surface area contributed by atoms with Crippen molar-refractivity contribution in [3.8, 4) is 12.3 Å². The molecule has 3 nitrogen and oxygen atoms in total. The molecule has 1 aromatic carbocycles. The molecule has 78 valence electrons. The van der Waals surface area contributed by atoms with Crippen LogP contribution in [0.15, 0.2) is 36.5 Å². The van der Waals surface area contributed by atoms with E-state index in [1.54, 1.807) is 12.3 Å². The lowest BCUT2D eigenvalue weighted by molar-refractivity contribution is 0.0960. The molecule has 0 saturated carbocycles. The van der Waals surface area contributed by atoms with Crippen LogP contribution >= 0.6 is 0 Å². The summed E-state index contributed by atoms with van der Waals surface area (Å²) in [6.07, 6.45) is 6.75. The van der Waals surface area contributed by atoms with Gasteiger partial charge in [0, 0.05) is 11.6 Å². The van der Waals surface area contributed by atoms with E-state index >= 15 is 0 Å². The van der Waals surface area contributed by atoms with Gasteiger partial charge in [0.05, 0.1) is 17.6 Å². The fourth-order valence-electron chi connectivity index (χ4n) is 1.51. The number of carbonyl (C=O) groups is 1. The predicted octanol–water partition coefficient (Wildman–Crippen LogP) is 1.60. The number of hydrogen-bond donors (Lipinski definition) is 1. The van der Waals surface area contributed by atoms with E-state index < -0.39 is 0 Å². The highest BCUT2D eigenvalue weighted by Crippen LogP contribution is 2.15. The number of para-hydroxylation sites is 1. The van der Waals surface area contributed by atoms with Crippen LogP contribution in [0.5, 0.6) is 0 Å². The van der Waals surface area contributed by atoms with Gasteiger partial charge >= 0.3 is 0 Å². The maximum absolute atomic E-state index is 11.8. The van der Waals surface area contributed by atoms with Crippen molar-refractivity contribution < 1.29 is 4.79 Å². The van der Waals surface area contributed by atoms with Crippen LogP contribution in [0, 0.1) is 12.3 Å². The standard InChI is InChI=1S/C13H10N2O/c1-2-8-15-13(16)11-7-3-5-10-6-4-9-14-12(10)11/h1,3-7,9H,8H2,(H,15,16). The van der Waals surface area contributed by atoms with Gasteiger partial charge in [-0.2, -0.15) is 0 Å². The third-order valence-corrected chi connectivity index (χ3v) is 2.23. The second kappa shape index (κ2) is 4.45. The normalized spacial score (nSPS) is 9.69. The van der Waals surface area contributed by atoms with Gasteiger partial charge in [0.2, 0.25) is 0 Å². The number of hydrogen-bond acceptors (Lipinski definition) is 2. The zero-order chi connectivity index (χ0) is 11.4. The van der Waals surface area contributed by atoms with Crippen molar-refractivity contribution in [1.82, 2.24) is 10.3 Å². The second-order valence-electron chi connectivity index (χ2n) is 3.27. The van der Waals surface area contributed by atoms with Gasteiger partial charge in [0.25, 0.3) is 5.91 Å². The summed E-state index contributed by atoms with van der Waals surface area (Å²) < 4.78 is 0. The first-order chi connectivity index (χ1) is 7.83. The first-order valence-corrected chi connectivity index (χ1v) is 4.88. The van der Waals surface area contributed by atoms with Crippen molar-refractivity contribution in [2.75, 3.05) is 6.54 Å². The van der Waals surface area contributed by atoms with E-state index in [0.717, 1.165) is 5.39 Å². The van der Waals surface area contributed by atoms with Gasteiger partial charge in [-0.1, -0.05) is 24.1 Å². The molecule has 0 unspecified atom stereocenters. The molecular weight excluding hydrogens is 200 g/mol. The average molecular weight is 210 g/mol. The van der Waals surface area contributed by atoms with Crippen LogP contribution in [-0.4, -0.2) is 17.4 Å². The van der Waals surface area contributed by atoms with Crippen LogP contribution in [0.1, 0.15) is 10.4 Å². The van der Waals surface area contributed by atoms with Crippen molar-refractivity contribution in [3.05, 3.63) is 42.1 Å². The van der Waals surface area contributed by atoms with Gasteiger partial charge < -0.3 is 5.32 Å². The molecule has 0 saturated heterocycles. The summed E-state index contributed by atoms with van der Waals surface area (Å²) in [6.45, 7) is 0.224. The molecular formula is C13H10N2O. The minimum absolute atomic E-state index is 0.192. The van der Waals surface area contributed by atoms with Gasteiger partial charge in [0.1, 0.15) is 0 Å². The molecule has 0 aliphatic heterocycles. The fraction of sp³-hybridized carbons (Fsp3) is 0.0769. The van der Waals surface area contributed by atoms with E-state index in [0.29, 0.717) is 11.1 Å². The molecule has 3 heteroatoms. The number of fused-ring (bicyclic) bond motifs is 1. The Balaban J connectivity index is 2.45. The topological polar surface area (TPSA) is 42.0 Å². The number of aromatic nitrogens is 1. The van der Waals surface area contributed by atoms with Crippen LogP contribution in [0.4, 0.5) is 0 Å². The summed E-state index contributed by atoms with van der Waals surface area (Å²) in [5, 5.41) is 3.57. The Bertz CT molecular complexity index is 564. The molecule has 1 aromatic heterocycles. The molecule has 0 aliphatic rings. The Morgan fingerprint density at radius 2 is 2.19 bits per heavy atom. The molecule has 16 heavy (non-hydrogen) atoms. The fourth-order valence-corrected chi connectivity index (χ4v) is 1.51. The maximum atomic E-state index is 11.8. The van der Waals surface area contributed by atoms with Gasteiger partial charge in [-0.05, 0) is 12.1 Å². The highest BCUT2D eigenvalue weighted by atomic mass is 16.1. The molecule has 0 fully saturated rings. The zero-order valence-corrected chi connectivity index (χ0v) is 8.60. The molecule has 2 rings (SSSR count). The molecule has 1 N–H and O–H groups in total. The van der Waals surface area contributed by atoms with Gasteiger partial charge in [-0.3, -0.25) is 9.78 Å². The lowest BCUT2D eigenvalue weighted by Crippen LogP contribution is -2.23. The highest BCUT2D eigenvalue weighted by Gasteiger charge is 2.09. The SMILES string of the molecule is C#CCNC(=O)c1cccc2cccnc12. The number of terminal acetylenes is 1. The summed E-state index contributed by atoms with van der Waals surface area (Å²) in [7, 11) is 0. The van der Waals surface area contributed by atoms with E-state index in [9.17, 15) is 4.79 Å². The first kappa shape index (κ1) is 10.2. The number of nitrogens with zero attached hydrogens (tertiary/aromatic N) is 1. The number of carbonyl (C=O) groups excluding carboxylic acids is 1. The number of benzene rings is 1. The molecule has 0 atom stereocenters. The average Bonchev–Trinajstić information content (AvgIpc) is 2.35. The van der Waals surface area contributed by atoms with Crippen molar-refractivity contribution >= 4 is 16.8 Å². The molecule has 1 amide bonds. The minimum atomic E-state index is -0.192. The van der Waals surface area contributed by atoms with Crippen molar-refractivity contribution in [1.29, 1.82) is 0 Å². The van der Waals surface area contributed by atoms with E-state index in [2.05, 4.69) is 16.2 Å².